The molecule has 14 heavy (non-hydrogen) atoms. The maximum atomic E-state index is 10.7. The quantitative estimate of drug-likeness (QED) is 0.613. The van der Waals surface area contributed by atoms with Gasteiger partial charge in [0.1, 0.15) is 0 Å². The molecular formula is C9H13Cl3O2. The molecule has 5 heteroatoms. The number of aliphatic carboxylic acids is 1. The fraction of sp³-hybridized carbons (Fsp3) is 0.667. The van der Waals surface area contributed by atoms with Gasteiger partial charge in [-0.15, -0.1) is 0 Å². The van der Waals surface area contributed by atoms with Gasteiger partial charge in [0.2, 0.25) is 3.79 Å². The van der Waals surface area contributed by atoms with Crippen LogP contribution in [0.2, 0.25) is 0 Å². The van der Waals surface area contributed by atoms with Gasteiger partial charge in [0.05, 0.1) is 0 Å². The van der Waals surface area contributed by atoms with Gasteiger partial charge >= 0.3 is 5.97 Å². The van der Waals surface area contributed by atoms with Crippen molar-refractivity contribution in [2.24, 2.45) is 0 Å². The number of alkyl halides is 3. The van der Waals surface area contributed by atoms with Crippen molar-refractivity contribution in [3.05, 3.63) is 11.1 Å². The Kier molecular flexibility index (Phi) is 5.87. The molecule has 0 fully saturated rings. The van der Waals surface area contributed by atoms with E-state index in [0.29, 0.717) is 12.0 Å². The van der Waals surface area contributed by atoms with Gasteiger partial charge in [-0.05, 0) is 25.3 Å². The van der Waals surface area contributed by atoms with E-state index in [1.165, 1.54) is 6.92 Å². The van der Waals surface area contributed by atoms with Crippen molar-refractivity contribution in [1.29, 1.82) is 0 Å². The molecular weight excluding hydrogens is 246 g/mol. The lowest BCUT2D eigenvalue weighted by Crippen LogP contribution is -2.13. The predicted octanol–water partition coefficient (Wildman–Crippen LogP) is 3.95. The van der Waals surface area contributed by atoms with E-state index in [-0.39, 0.29) is 5.57 Å². The van der Waals surface area contributed by atoms with Crippen LogP contribution in [0, 0.1) is 0 Å². The summed E-state index contributed by atoms with van der Waals surface area (Å²) in [5, 5.41) is 8.78. The Balaban J connectivity index is 4.90. The number of carbonyl (C=O) groups is 1. The van der Waals surface area contributed by atoms with E-state index in [0.717, 1.165) is 12.8 Å². The van der Waals surface area contributed by atoms with Crippen LogP contribution in [0.1, 0.15) is 33.1 Å². The molecule has 0 aromatic carbocycles. The Hall–Kier alpha value is 0.0800. The zero-order valence-corrected chi connectivity index (χ0v) is 10.4. The number of hydrogen-bond donors (Lipinski definition) is 1. The Morgan fingerprint density at radius 3 is 2.14 bits per heavy atom. The van der Waals surface area contributed by atoms with Crippen LogP contribution in [0.25, 0.3) is 0 Å². The highest BCUT2D eigenvalue weighted by Gasteiger charge is 2.29. The van der Waals surface area contributed by atoms with Gasteiger partial charge in [-0.3, -0.25) is 0 Å². The average Bonchev–Trinajstić information content (AvgIpc) is 2.02. The van der Waals surface area contributed by atoms with Crippen LogP contribution in [-0.2, 0) is 4.79 Å². The van der Waals surface area contributed by atoms with Gasteiger partial charge in [0.25, 0.3) is 0 Å². The Labute approximate surface area is 98.8 Å². The molecule has 0 aromatic rings. The molecule has 0 rings (SSSR count). The summed E-state index contributed by atoms with van der Waals surface area (Å²) in [7, 11) is 0. The van der Waals surface area contributed by atoms with Crippen LogP contribution in [0.5, 0.6) is 0 Å². The molecule has 0 atom stereocenters. The first-order valence-electron chi connectivity index (χ1n) is 4.31. The summed E-state index contributed by atoms with van der Waals surface area (Å²) in [6, 6.07) is 0. The SMILES string of the molecule is CCCCC(=C(C)C(=O)O)C(Cl)(Cl)Cl. The first-order valence-corrected chi connectivity index (χ1v) is 5.44. The van der Waals surface area contributed by atoms with E-state index in [1.54, 1.807) is 0 Å². The molecule has 0 saturated heterocycles. The lowest BCUT2D eigenvalue weighted by Gasteiger charge is -2.17. The largest absolute Gasteiger partial charge is 0.478 e. The van der Waals surface area contributed by atoms with Crippen molar-refractivity contribution in [3.63, 3.8) is 0 Å². The van der Waals surface area contributed by atoms with Crippen LogP contribution < -0.4 is 0 Å². The summed E-state index contributed by atoms with van der Waals surface area (Å²) >= 11 is 17.1. The van der Waals surface area contributed by atoms with Gasteiger partial charge in [0, 0.05) is 5.57 Å². The normalized spacial score (nSPS) is 13.8. The highest BCUT2D eigenvalue weighted by molar-refractivity contribution is 6.69. The number of hydrogen-bond acceptors (Lipinski definition) is 1. The van der Waals surface area contributed by atoms with Gasteiger partial charge in [-0.2, -0.15) is 0 Å². The van der Waals surface area contributed by atoms with E-state index in [9.17, 15) is 4.79 Å². The molecule has 82 valence electrons. The summed E-state index contributed by atoms with van der Waals surface area (Å²) in [6.45, 7) is 3.45. The molecule has 0 aromatic heterocycles. The Morgan fingerprint density at radius 2 is 1.86 bits per heavy atom. The van der Waals surface area contributed by atoms with E-state index < -0.39 is 9.76 Å². The summed E-state index contributed by atoms with van der Waals surface area (Å²) in [5.41, 5.74) is 0.496. The van der Waals surface area contributed by atoms with Crippen molar-refractivity contribution in [3.8, 4) is 0 Å². The molecule has 0 unspecified atom stereocenters. The second-order valence-electron chi connectivity index (χ2n) is 3.01. The van der Waals surface area contributed by atoms with Crippen molar-refractivity contribution >= 4 is 40.8 Å². The van der Waals surface area contributed by atoms with Gasteiger partial charge in [-0.1, -0.05) is 48.1 Å². The lowest BCUT2D eigenvalue weighted by molar-refractivity contribution is -0.132. The minimum absolute atomic E-state index is 0.124. The van der Waals surface area contributed by atoms with Gasteiger partial charge < -0.3 is 5.11 Å². The molecule has 0 aliphatic heterocycles. The molecule has 0 spiro atoms. The maximum Gasteiger partial charge on any atom is 0.331 e. The summed E-state index contributed by atoms with van der Waals surface area (Å²) in [4.78, 5) is 10.7. The van der Waals surface area contributed by atoms with Crippen LogP contribution in [0.15, 0.2) is 11.1 Å². The van der Waals surface area contributed by atoms with Crippen LogP contribution in [-0.4, -0.2) is 14.9 Å². The highest BCUT2D eigenvalue weighted by Crippen LogP contribution is 2.39. The number of allylic oxidation sites excluding steroid dienone is 1. The number of carboxylic acid groups (broad SMARTS) is 1. The maximum absolute atomic E-state index is 10.7. The highest BCUT2D eigenvalue weighted by atomic mass is 35.6. The minimum atomic E-state index is -1.61. The molecule has 0 heterocycles. The number of halogens is 3. The predicted molar refractivity (Wildman–Crippen MR) is 60.2 cm³/mol. The monoisotopic (exact) mass is 258 g/mol. The third kappa shape index (κ3) is 4.54. The number of rotatable bonds is 4. The second kappa shape index (κ2) is 5.84. The number of carboxylic acids is 1. The molecule has 0 aliphatic carbocycles. The van der Waals surface area contributed by atoms with Crippen LogP contribution in [0.3, 0.4) is 0 Å². The first-order chi connectivity index (χ1) is 6.30. The van der Waals surface area contributed by atoms with Gasteiger partial charge in [0.15, 0.2) is 0 Å². The molecule has 0 radical (unpaired) electrons. The van der Waals surface area contributed by atoms with Crippen LogP contribution in [0.4, 0.5) is 0 Å². The molecule has 0 saturated carbocycles. The van der Waals surface area contributed by atoms with Crippen LogP contribution >= 0.6 is 34.8 Å². The van der Waals surface area contributed by atoms with Crippen molar-refractivity contribution in [1.82, 2.24) is 0 Å². The molecule has 0 bridgehead atoms. The number of unbranched alkanes of at least 4 members (excludes halogenated alkanes) is 1. The van der Waals surface area contributed by atoms with Crippen molar-refractivity contribution in [2.75, 3.05) is 0 Å². The van der Waals surface area contributed by atoms with E-state index in [4.69, 9.17) is 39.9 Å². The molecule has 0 aliphatic rings. The average molecular weight is 260 g/mol. The third-order valence-electron chi connectivity index (χ3n) is 1.90. The molecule has 2 nitrogen and oxygen atoms in total. The summed E-state index contributed by atoms with van der Waals surface area (Å²) in [5.74, 6) is -1.04. The molecule has 0 amide bonds. The Morgan fingerprint density at radius 1 is 1.36 bits per heavy atom. The zero-order chi connectivity index (χ0) is 11.4. The lowest BCUT2D eigenvalue weighted by atomic mass is 10.0. The second-order valence-corrected chi connectivity index (χ2v) is 5.29. The van der Waals surface area contributed by atoms with Crippen molar-refractivity contribution < 1.29 is 9.90 Å². The van der Waals surface area contributed by atoms with E-state index in [1.807, 2.05) is 6.92 Å². The van der Waals surface area contributed by atoms with Crippen molar-refractivity contribution in [2.45, 2.75) is 36.9 Å². The Bertz CT molecular complexity index is 241. The first kappa shape index (κ1) is 14.1. The summed E-state index contributed by atoms with van der Waals surface area (Å²) in [6.07, 6.45) is 2.25. The topological polar surface area (TPSA) is 37.3 Å². The van der Waals surface area contributed by atoms with E-state index in [2.05, 4.69) is 0 Å². The fourth-order valence-electron chi connectivity index (χ4n) is 1.02. The summed E-state index contributed by atoms with van der Waals surface area (Å²) < 4.78 is -1.61. The van der Waals surface area contributed by atoms with E-state index >= 15 is 0 Å². The minimum Gasteiger partial charge on any atom is -0.478 e. The molecule has 1 N–H and O–H groups in total. The zero-order valence-electron chi connectivity index (χ0n) is 8.11. The smallest absolute Gasteiger partial charge is 0.331 e. The van der Waals surface area contributed by atoms with Gasteiger partial charge in [-0.25, -0.2) is 4.79 Å². The fourth-order valence-corrected chi connectivity index (χ4v) is 1.73. The standard InChI is InChI=1S/C9H13Cl3O2/c1-3-4-5-7(9(10,11)12)6(2)8(13)14/h3-5H2,1-2H3,(H,13,14). The third-order valence-corrected chi connectivity index (χ3v) is 2.58.